The van der Waals surface area contributed by atoms with E-state index in [0.29, 0.717) is 10.1 Å². The van der Waals surface area contributed by atoms with Crippen LogP contribution in [0.2, 0.25) is 0 Å². The first-order valence-electron chi connectivity index (χ1n) is 19.3. The molecule has 1 aliphatic heterocycles. The molecule has 5 nitrogen and oxygen atoms in total. The van der Waals surface area contributed by atoms with Crippen molar-refractivity contribution in [1.82, 2.24) is 0 Å². The van der Waals surface area contributed by atoms with Crippen LogP contribution in [0.5, 0.6) is 0 Å². The normalized spacial score (nSPS) is 18.7. The monoisotopic (exact) mass is 672 g/mol. The molecule has 0 aromatic rings. The van der Waals surface area contributed by atoms with Crippen LogP contribution in [0, 0.1) is 0 Å². The van der Waals surface area contributed by atoms with Crippen molar-refractivity contribution in [1.29, 1.82) is 0 Å². The van der Waals surface area contributed by atoms with Crippen LogP contribution < -0.4 is 0 Å². The smallest absolute Gasteiger partial charge is 0.160 e. The molecule has 2 N–H and O–H groups in total. The Labute approximate surface area is 289 Å². The van der Waals surface area contributed by atoms with Gasteiger partial charge in [0.05, 0.1) is 6.61 Å². The van der Waals surface area contributed by atoms with Crippen molar-refractivity contribution in [2.24, 2.45) is 0 Å². The molecule has 266 valence electrons. The maximum atomic E-state index is 10.7. The lowest BCUT2D eigenvalue weighted by atomic mass is 10.0. The van der Waals surface area contributed by atoms with E-state index in [1.165, 1.54) is 141 Å². The molecule has 1 aliphatic rings. The maximum Gasteiger partial charge on any atom is 0.160 e. The van der Waals surface area contributed by atoms with E-state index in [2.05, 4.69) is 13.8 Å². The summed E-state index contributed by atoms with van der Waals surface area (Å²) in [6.45, 7) is 4.78. The molecule has 4 atom stereocenters. The second-order valence-electron chi connectivity index (χ2n) is 13.6. The van der Waals surface area contributed by atoms with Gasteiger partial charge in [-0.05, 0) is 37.3 Å². The van der Waals surface area contributed by atoms with Gasteiger partial charge in [-0.3, -0.25) is 0 Å². The molecule has 0 aromatic carbocycles. The Morgan fingerprint density at radius 2 is 0.956 bits per heavy atom. The van der Waals surface area contributed by atoms with Crippen LogP contribution in [-0.2, 0) is 14.2 Å². The summed E-state index contributed by atoms with van der Waals surface area (Å²) in [5.74, 6) is 0. The van der Waals surface area contributed by atoms with Crippen molar-refractivity contribution in [2.75, 3.05) is 13.2 Å². The average molecular weight is 673 g/mol. The fourth-order valence-electron chi connectivity index (χ4n) is 6.20. The summed E-state index contributed by atoms with van der Waals surface area (Å²) in [6, 6.07) is 0. The molecule has 45 heavy (non-hydrogen) atoms. The molecule has 1 rings (SSSR count). The van der Waals surface area contributed by atoms with Gasteiger partial charge in [0.2, 0.25) is 0 Å². The summed E-state index contributed by atoms with van der Waals surface area (Å²) >= 11 is 10.8. The number of aliphatic hydroxyl groups excluding tert-OH is 2. The van der Waals surface area contributed by atoms with Crippen LogP contribution in [0.15, 0.2) is 0 Å². The molecule has 1 saturated heterocycles. The zero-order chi connectivity index (χ0) is 32.8. The lowest BCUT2D eigenvalue weighted by Crippen LogP contribution is -2.42. The van der Waals surface area contributed by atoms with E-state index in [-0.39, 0.29) is 13.2 Å². The lowest BCUT2D eigenvalue weighted by Gasteiger charge is -2.23. The highest BCUT2D eigenvalue weighted by atomic mass is 32.1. The van der Waals surface area contributed by atoms with Gasteiger partial charge in [-0.25, -0.2) is 0 Å². The van der Waals surface area contributed by atoms with E-state index in [9.17, 15) is 10.2 Å². The number of aliphatic hydroxyl groups is 2. The Morgan fingerprint density at radius 3 is 1.36 bits per heavy atom. The fraction of sp³-hybridized carbons (Fsp3) is 0.947. The number of ether oxygens (including phenoxy) is 3. The number of unbranched alkanes of at least 4 members (excludes halogenated alkanes) is 24. The topological polar surface area (TPSA) is 68.2 Å². The van der Waals surface area contributed by atoms with Crippen LogP contribution in [-0.4, -0.2) is 57.9 Å². The van der Waals surface area contributed by atoms with Crippen molar-refractivity contribution >= 4 is 34.5 Å². The summed E-state index contributed by atoms with van der Waals surface area (Å²) in [6.07, 6.45) is 32.4. The third-order valence-corrected chi connectivity index (χ3v) is 9.84. The van der Waals surface area contributed by atoms with Gasteiger partial charge in [-0.15, -0.1) is 0 Å². The molecule has 0 spiro atoms. The first kappa shape index (κ1) is 42.7. The van der Waals surface area contributed by atoms with Gasteiger partial charge in [-0.1, -0.05) is 168 Å². The summed E-state index contributed by atoms with van der Waals surface area (Å²) < 4.78 is 17.2. The third-order valence-electron chi connectivity index (χ3n) is 9.22. The van der Waals surface area contributed by atoms with Crippen LogP contribution in [0.25, 0.3) is 0 Å². The van der Waals surface area contributed by atoms with E-state index in [4.69, 9.17) is 38.6 Å². The molecule has 0 bridgehead atoms. The predicted octanol–water partition coefficient (Wildman–Crippen LogP) is 11.1. The maximum absolute atomic E-state index is 10.7. The quantitative estimate of drug-likeness (QED) is 0.0544. The van der Waals surface area contributed by atoms with E-state index in [0.717, 1.165) is 38.5 Å². The number of hydrogen-bond donors (Lipinski definition) is 2. The average Bonchev–Trinajstić information content (AvgIpc) is 3.39. The van der Waals surface area contributed by atoms with Crippen LogP contribution >= 0.6 is 24.4 Å². The van der Waals surface area contributed by atoms with Gasteiger partial charge < -0.3 is 24.4 Å². The second kappa shape index (κ2) is 31.0. The minimum absolute atomic E-state index is 0.0229. The largest absolute Gasteiger partial charge is 0.484 e. The lowest BCUT2D eigenvalue weighted by molar-refractivity contribution is -0.0657. The fourth-order valence-corrected chi connectivity index (χ4v) is 6.68. The first-order chi connectivity index (χ1) is 22.0. The minimum atomic E-state index is -0.965. The summed E-state index contributed by atoms with van der Waals surface area (Å²) in [7, 11) is 0. The molecule has 0 unspecified atom stereocenters. The van der Waals surface area contributed by atoms with Crippen molar-refractivity contribution < 1.29 is 24.4 Å². The van der Waals surface area contributed by atoms with Gasteiger partial charge in [0.25, 0.3) is 0 Å². The SMILES string of the molecule is CCCCCCCCCCCCCCCC(=S)OC[C@H](O)[C@H]1OC[C@@H](OC(=S)CCCCCCCCCCCCCCC)[C@H]1O. The van der Waals surface area contributed by atoms with Gasteiger partial charge in [0.1, 0.15) is 24.9 Å². The Bertz CT molecular complexity index is 691. The third kappa shape index (κ3) is 24.5. The van der Waals surface area contributed by atoms with Gasteiger partial charge in [-0.2, -0.15) is 0 Å². The van der Waals surface area contributed by atoms with Crippen molar-refractivity contribution in [3.63, 3.8) is 0 Å². The predicted molar refractivity (Wildman–Crippen MR) is 198 cm³/mol. The Morgan fingerprint density at radius 1 is 0.600 bits per heavy atom. The molecule has 7 heteroatoms. The number of hydrogen-bond acceptors (Lipinski definition) is 7. The molecule has 0 aromatic heterocycles. The second-order valence-corrected chi connectivity index (χ2v) is 14.5. The zero-order valence-electron chi connectivity index (χ0n) is 29.5. The molecular formula is C38H72O5S2. The summed E-state index contributed by atoms with van der Waals surface area (Å²) in [4.78, 5) is 0. The van der Waals surface area contributed by atoms with Crippen LogP contribution in [0.1, 0.15) is 194 Å². The molecule has 0 radical (unpaired) electrons. The highest BCUT2D eigenvalue weighted by molar-refractivity contribution is 7.80. The number of rotatable bonds is 32. The molecule has 0 amide bonds. The van der Waals surface area contributed by atoms with E-state index in [1.54, 1.807) is 0 Å². The molecular weight excluding hydrogens is 601 g/mol. The molecule has 1 heterocycles. The minimum Gasteiger partial charge on any atom is -0.484 e. The Balaban J connectivity index is 1.98. The van der Waals surface area contributed by atoms with E-state index < -0.39 is 24.4 Å². The van der Waals surface area contributed by atoms with Gasteiger partial charge in [0, 0.05) is 12.8 Å². The summed E-state index contributed by atoms with van der Waals surface area (Å²) in [5.41, 5.74) is 0. The zero-order valence-corrected chi connectivity index (χ0v) is 31.1. The Hall–Kier alpha value is -0.340. The van der Waals surface area contributed by atoms with E-state index >= 15 is 0 Å². The van der Waals surface area contributed by atoms with Gasteiger partial charge >= 0.3 is 0 Å². The van der Waals surface area contributed by atoms with E-state index in [1.807, 2.05) is 0 Å². The first-order valence-corrected chi connectivity index (χ1v) is 20.1. The molecule has 0 saturated carbocycles. The Kier molecular flexibility index (Phi) is 29.4. The van der Waals surface area contributed by atoms with Crippen LogP contribution in [0.4, 0.5) is 0 Å². The number of thiocarbonyl (C=S) groups is 2. The van der Waals surface area contributed by atoms with Crippen molar-refractivity contribution in [2.45, 2.75) is 218 Å². The highest BCUT2D eigenvalue weighted by Gasteiger charge is 2.42. The summed E-state index contributed by atoms with van der Waals surface area (Å²) in [5, 5.41) is 22.3. The highest BCUT2D eigenvalue weighted by Crippen LogP contribution is 2.22. The molecule has 1 fully saturated rings. The molecule has 0 aliphatic carbocycles. The van der Waals surface area contributed by atoms with Crippen molar-refractivity contribution in [3.8, 4) is 0 Å². The van der Waals surface area contributed by atoms with Crippen LogP contribution in [0.3, 0.4) is 0 Å². The van der Waals surface area contributed by atoms with Gasteiger partial charge in [0.15, 0.2) is 16.2 Å². The standard InChI is InChI=1S/C38H72O5S2/c1-3-5-7-9-11-13-15-17-19-21-23-25-27-29-35(44)41-31-33(39)38-37(40)34(32-42-38)43-36(45)30-28-26-24-22-20-18-16-14-12-10-8-6-4-2/h33-34,37-40H,3-32H2,1-2H3/t33-,34+,37+,38+/m0/s1. The van der Waals surface area contributed by atoms with Crippen molar-refractivity contribution in [3.05, 3.63) is 0 Å².